The molecule has 180 valence electrons. The molecule has 0 aliphatic heterocycles. The number of hydrogen-bond acceptors (Lipinski definition) is 5. The quantitative estimate of drug-likeness (QED) is 0.442. The predicted molar refractivity (Wildman–Crippen MR) is 133 cm³/mol. The van der Waals surface area contributed by atoms with Crippen LogP contribution in [0.1, 0.15) is 16.7 Å². The molecule has 3 aromatic carbocycles. The van der Waals surface area contributed by atoms with Crippen LogP contribution in [0.3, 0.4) is 0 Å². The Morgan fingerprint density at radius 2 is 1.56 bits per heavy atom. The summed E-state index contributed by atoms with van der Waals surface area (Å²) in [4.78, 5) is 12.8. The number of hydrogen-bond donors (Lipinski definition) is 1. The zero-order valence-electron chi connectivity index (χ0n) is 19.9. The Balaban J connectivity index is 1.71. The van der Waals surface area contributed by atoms with Gasteiger partial charge in [-0.25, -0.2) is 8.42 Å². The van der Waals surface area contributed by atoms with E-state index in [1.165, 1.54) is 19.2 Å². The van der Waals surface area contributed by atoms with Crippen LogP contribution in [-0.4, -0.2) is 41.1 Å². The van der Waals surface area contributed by atoms with E-state index in [0.29, 0.717) is 11.4 Å². The lowest BCUT2D eigenvalue weighted by Gasteiger charge is -2.24. The molecule has 0 spiro atoms. The minimum Gasteiger partial charge on any atom is -0.497 e. The predicted octanol–water partition coefficient (Wildman–Crippen LogP) is 4.01. The molecule has 0 atom stereocenters. The minimum atomic E-state index is -3.99. The Labute approximate surface area is 201 Å². The highest BCUT2D eigenvalue weighted by Gasteiger charge is 2.27. The summed E-state index contributed by atoms with van der Waals surface area (Å²) in [5.41, 5.74) is 3.48. The zero-order valence-corrected chi connectivity index (χ0v) is 20.7. The van der Waals surface area contributed by atoms with E-state index in [0.717, 1.165) is 26.7 Å². The van der Waals surface area contributed by atoms with Crippen molar-refractivity contribution >= 4 is 21.6 Å². The summed E-state index contributed by atoms with van der Waals surface area (Å²) < 4.78 is 38.8. The lowest BCUT2D eigenvalue weighted by molar-refractivity contribution is -0.119. The normalized spacial score (nSPS) is 11.1. The van der Waals surface area contributed by atoms with E-state index in [1.54, 1.807) is 24.3 Å². The maximum Gasteiger partial charge on any atom is 0.264 e. The van der Waals surface area contributed by atoms with Gasteiger partial charge in [-0.2, -0.15) is 0 Å². The van der Waals surface area contributed by atoms with Crippen LogP contribution >= 0.6 is 0 Å². The van der Waals surface area contributed by atoms with E-state index < -0.39 is 15.9 Å². The highest BCUT2D eigenvalue weighted by Crippen LogP contribution is 2.25. The molecule has 0 fully saturated rings. The summed E-state index contributed by atoms with van der Waals surface area (Å²) in [6.07, 6.45) is 0. The smallest absolute Gasteiger partial charge is 0.264 e. The van der Waals surface area contributed by atoms with Gasteiger partial charge in [0.05, 0.1) is 24.2 Å². The molecule has 0 saturated carbocycles. The molecule has 0 bridgehead atoms. The van der Waals surface area contributed by atoms with Crippen molar-refractivity contribution < 1.29 is 22.7 Å². The second-order valence-corrected chi connectivity index (χ2v) is 9.85. The maximum atomic E-state index is 13.4. The van der Waals surface area contributed by atoms with Gasteiger partial charge < -0.3 is 14.8 Å². The summed E-state index contributed by atoms with van der Waals surface area (Å²) in [5, 5.41) is 2.75. The number of rotatable bonds is 10. The van der Waals surface area contributed by atoms with E-state index >= 15 is 0 Å². The third-order valence-corrected chi connectivity index (χ3v) is 7.07. The van der Waals surface area contributed by atoms with Gasteiger partial charge in [0.2, 0.25) is 5.91 Å². The number of nitrogens with one attached hydrogen (secondary N) is 1. The van der Waals surface area contributed by atoms with E-state index in [9.17, 15) is 13.2 Å². The average Bonchev–Trinajstić information content (AvgIpc) is 2.83. The number of ether oxygens (including phenoxy) is 2. The van der Waals surface area contributed by atoms with Gasteiger partial charge in [0, 0.05) is 0 Å². The van der Waals surface area contributed by atoms with Crippen LogP contribution in [0, 0.1) is 20.8 Å². The topological polar surface area (TPSA) is 84.9 Å². The van der Waals surface area contributed by atoms with Crippen molar-refractivity contribution in [3.8, 4) is 11.5 Å². The summed E-state index contributed by atoms with van der Waals surface area (Å²) in [6, 6.07) is 19.0. The Morgan fingerprint density at radius 1 is 0.912 bits per heavy atom. The first-order valence-electron chi connectivity index (χ1n) is 10.9. The van der Waals surface area contributed by atoms with Crippen molar-refractivity contribution in [3.63, 3.8) is 0 Å². The van der Waals surface area contributed by atoms with Crippen molar-refractivity contribution in [2.24, 2.45) is 0 Å². The number of sulfonamides is 1. The van der Waals surface area contributed by atoms with Crippen LogP contribution in [-0.2, 0) is 14.8 Å². The van der Waals surface area contributed by atoms with Crippen molar-refractivity contribution in [2.45, 2.75) is 25.7 Å². The molecule has 0 heterocycles. The Morgan fingerprint density at radius 3 is 2.21 bits per heavy atom. The van der Waals surface area contributed by atoms with Gasteiger partial charge in [-0.3, -0.25) is 9.10 Å². The fourth-order valence-corrected chi connectivity index (χ4v) is 4.72. The second-order valence-electron chi connectivity index (χ2n) is 7.99. The number of benzene rings is 3. The van der Waals surface area contributed by atoms with Gasteiger partial charge in [0.25, 0.3) is 10.0 Å². The molecule has 1 amide bonds. The molecule has 1 N–H and O–H groups in total. The Kier molecular flexibility index (Phi) is 8.17. The van der Waals surface area contributed by atoms with Crippen molar-refractivity contribution in [1.82, 2.24) is 5.32 Å². The van der Waals surface area contributed by atoms with Crippen LogP contribution in [0.25, 0.3) is 0 Å². The van der Waals surface area contributed by atoms with Gasteiger partial charge in [0.15, 0.2) is 0 Å². The van der Waals surface area contributed by atoms with Gasteiger partial charge in [-0.05, 0) is 74.4 Å². The number of carbonyl (C=O) groups excluding carboxylic acids is 1. The standard InChI is InChI=1S/C26H30N2O5S/c1-19-6-9-22(10-7-19)28(34(30,31)24-13-11-23(32-4)12-14-24)18-26(29)27-15-16-33-25-17-20(2)5-8-21(25)3/h5-14,17H,15-16,18H2,1-4H3,(H,27,29). The molecule has 0 aromatic heterocycles. The number of anilines is 1. The Bertz CT molecular complexity index is 1220. The summed E-state index contributed by atoms with van der Waals surface area (Å²) in [7, 11) is -2.47. The summed E-state index contributed by atoms with van der Waals surface area (Å²) in [6.45, 7) is 6.01. The third kappa shape index (κ3) is 6.29. The molecule has 34 heavy (non-hydrogen) atoms. The molecule has 8 heteroatoms. The largest absolute Gasteiger partial charge is 0.497 e. The van der Waals surface area contributed by atoms with E-state index in [1.807, 2.05) is 51.1 Å². The third-order valence-electron chi connectivity index (χ3n) is 5.28. The first-order chi connectivity index (χ1) is 16.2. The number of amides is 1. The first kappa shape index (κ1) is 25.1. The summed E-state index contributed by atoms with van der Waals surface area (Å²) in [5.74, 6) is 0.877. The molecular formula is C26H30N2O5S. The van der Waals surface area contributed by atoms with Crippen LogP contribution in [0.2, 0.25) is 0 Å². The van der Waals surface area contributed by atoms with Crippen molar-refractivity contribution in [3.05, 3.63) is 83.4 Å². The highest BCUT2D eigenvalue weighted by atomic mass is 32.2. The fourth-order valence-electron chi connectivity index (χ4n) is 3.30. The molecule has 7 nitrogen and oxygen atoms in total. The Hall–Kier alpha value is -3.52. The molecule has 0 aliphatic rings. The van der Waals surface area contributed by atoms with Crippen molar-refractivity contribution in [2.75, 3.05) is 31.1 Å². The molecule has 0 aliphatic carbocycles. The van der Waals surface area contributed by atoms with Crippen molar-refractivity contribution in [1.29, 1.82) is 0 Å². The average molecular weight is 483 g/mol. The van der Waals surface area contributed by atoms with Gasteiger partial charge in [-0.15, -0.1) is 0 Å². The summed E-state index contributed by atoms with van der Waals surface area (Å²) >= 11 is 0. The monoisotopic (exact) mass is 482 g/mol. The molecule has 3 aromatic rings. The van der Waals surface area contributed by atoms with E-state index in [4.69, 9.17) is 9.47 Å². The lowest BCUT2D eigenvalue weighted by atomic mass is 10.1. The number of carbonyl (C=O) groups is 1. The van der Waals surface area contributed by atoms with Crippen LogP contribution < -0.4 is 19.1 Å². The molecular weight excluding hydrogens is 452 g/mol. The number of methoxy groups -OCH3 is 1. The second kappa shape index (κ2) is 11.1. The molecule has 0 radical (unpaired) electrons. The lowest BCUT2D eigenvalue weighted by Crippen LogP contribution is -2.41. The SMILES string of the molecule is COc1ccc(S(=O)(=O)N(CC(=O)NCCOc2cc(C)ccc2C)c2ccc(C)cc2)cc1. The highest BCUT2D eigenvalue weighted by molar-refractivity contribution is 7.92. The van der Waals surface area contributed by atoms with Crippen LogP contribution in [0.4, 0.5) is 5.69 Å². The fraction of sp³-hybridized carbons (Fsp3) is 0.269. The van der Waals surface area contributed by atoms with Gasteiger partial charge >= 0.3 is 0 Å². The zero-order chi connectivity index (χ0) is 24.7. The minimum absolute atomic E-state index is 0.0694. The number of nitrogens with zero attached hydrogens (tertiary/aromatic N) is 1. The van der Waals surface area contributed by atoms with Crippen LogP contribution in [0.5, 0.6) is 11.5 Å². The molecule has 0 unspecified atom stereocenters. The van der Waals surface area contributed by atoms with Gasteiger partial charge in [-0.1, -0.05) is 29.8 Å². The van der Waals surface area contributed by atoms with Gasteiger partial charge in [0.1, 0.15) is 24.7 Å². The molecule has 0 saturated heterocycles. The van der Waals surface area contributed by atoms with E-state index in [2.05, 4.69) is 5.32 Å². The van der Waals surface area contributed by atoms with Crippen LogP contribution in [0.15, 0.2) is 71.6 Å². The molecule has 3 rings (SSSR count). The first-order valence-corrected chi connectivity index (χ1v) is 12.3. The number of aryl methyl sites for hydroxylation is 3. The maximum absolute atomic E-state index is 13.4. The van der Waals surface area contributed by atoms with E-state index in [-0.39, 0.29) is 24.6 Å².